The third-order valence-electron chi connectivity index (χ3n) is 13.3. The molecule has 1 aromatic heterocycles. The van der Waals surface area contributed by atoms with E-state index in [0.29, 0.717) is 12.0 Å². The molecule has 1 spiro atoms. The summed E-state index contributed by atoms with van der Waals surface area (Å²) in [4.78, 5) is 2.52. The number of hydrogen-bond acceptors (Lipinski definition) is 1. The molecule has 1 saturated carbocycles. The predicted molar refractivity (Wildman–Crippen MR) is 230 cm³/mol. The summed E-state index contributed by atoms with van der Waals surface area (Å²) in [7, 11) is 0. The minimum Gasteiger partial charge on any atom is -0.333 e. The topological polar surface area (TPSA) is 8.17 Å². The molecule has 0 amide bonds. The van der Waals surface area contributed by atoms with Crippen LogP contribution in [-0.4, -0.2) is 10.6 Å². The highest BCUT2D eigenvalue weighted by Gasteiger charge is 2.45. The van der Waals surface area contributed by atoms with Crippen molar-refractivity contribution in [3.05, 3.63) is 199 Å². The van der Waals surface area contributed by atoms with Crippen LogP contribution < -0.4 is 4.90 Å². The Bertz CT molecular complexity index is 2830. The summed E-state index contributed by atoms with van der Waals surface area (Å²) < 4.78 is 2.40. The fourth-order valence-corrected chi connectivity index (χ4v) is 10.8. The molecule has 0 saturated heterocycles. The van der Waals surface area contributed by atoms with Crippen LogP contribution in [0.15, 0.2) is 182 Å². The van der Waals surface area contributed by atoms with Gasteiger partial charge < -0.3 is 9.47 Å². The first-order valence-corrected chi connectivity index (χ1v) is 20.0. The molecule has 2 heteroatoms. The van der Waals surface area contributed by atoms with Gasteiger partial charge in [-0.2, -0.15) is 0 Å². The number of anilines is 2. The maximum absolute atomic E-state index is 2.53. The van der Waals surface area contributed by atoms with Gasteiger partial charge in [0.1, 0.15) is 0 Å². The quantitative estimate of drug-likeness (QED) is 0.177. The van der Waals surface area contributed by atoms with Crippen LogP contribution in [0.4, 0.5) is 11.4 Å². The summed E-state index contributed by atoms with van der Waals surface area (Å²) in [5.41, 5.74) is 18.8. The SMILES string of the molecule is C1=CC2c3ccccc3N(c3ccc(-c4ccc5c(c4)C4(CCCC4)c4cc(-c6ccc(-n7c8ccccc8c8ccccc87)cc6)ccc4-5)cc3)C2C=C1. The van der Waals surface area contributed by atoms with E-state index in [0.717, 1.165) is 0 Å². The largest absolute Gasteiger partial charge is 0.333 e. The van der Waals surface area contributed by atoms with Crippen molar-refractivity contribution in [3.8, 4) is 39.1 Å². The minimum atomic E-state index is 0.0780. The smallest absolute Gasteiger partial charge is 0.0629 e. The molecule has 2 heterocycles. The second kappa shape index (κ2) is 11.8. The van der Waals surface area contributed by atoms with Gasteiger partial charge in [-0.25, -0.2) is 0 Å². The molecular formula is C53H40N2. The third-order valence-corrected chi connectivity index (χ3v) is 13.3. The van der Waals surface area contributed by atoms with E-state index in [-0.39, 0.29) is 5.41 Å². The number of benzene rings is 7. The Morgan fingerprint density at radius 3 is 1.64 bits per heavy atom. The Balaban J connectivity index is 0.880. The number of nitrogens with zero attached hydrogens (tertiary/aromatic N) is 2. The second-order valence-electron chi connectivity index (χ2n) is 16.0. The van der Waals surface area contributed by atoms with Gasteiger partial charge in [0.05, 0.1) is 17.1 Å². The Morgan fingerprint density at radius 2 is 1.00 bits per heavy atom. The van der Waals surface area contributed by atoms with Crippen LogP contribution in [0.3, 0.4) is 0 Å². The lowest BCUT2D eigenvalue weighted by Gasteiger charge is -2.29. The van der Waals surface area contributed by atoms with Crippen molar-refractivity contribution in [2.45, 2.75) is 43.1 Å². The molecule has 2 nitrogen and oxygen atoms in total. The zero-order chi connectivity index (χ0) is 36.1. The van der Waals surface area contributed by atoms with Crippen molar-refractivity contribution in [2.75, 3.05) is 4.90 Å². The highest BCUT2D eigenvalue weighted by molar-refractivity contribution is 6.09. The third kappa shape index (κ3) is 4.49. The lowest BCUT2D eigenvalue weighted by molar-refractivity contribution is 0.550. The fraction of sp³-hybridized carbons (Fsp3) is 0.132. The highest BCUT2D eigenvalue weighted by atomic mass is 15.2. The Hall–Kier alpha value is -6.38. The molecule has 262 valence electrons. The van der Waals surface area contributed by atoms with E-state index in [1.165, 1.54) is 115 Å². The first-order chi connectivity index (χ1) is 27.2. The monoisotopic (exact) mass is 704 g/mol. The first-order valence-electron chi connectivity index (χ1n) is 20.0. The summed E-state index contributed by atoms with van der Waals surface area (Å²) in [6.45, 7) is 0. The van der Waals surface area contributed by atoms with Gasteiger partial charge in [-0.05, 0) is 118 Å². The summed E-state index contributed by atoms with van der Waals surface area (Å²) >= 11 is 0. The van der Waals surface area contributed by atoms with Crippen molar-refractivity contribution in [1.29, 1.82) is 0 Å². The summed E-state index contributed by atoms with van der Waals surface area (Å²) in [6.07, 6.45) is 14.1. The van der Waals surface area contributed by atoms with E-state index >= 15 is 0 Å². The average molecular weight is 705 g/mol. The zero-order valence-electron chi connectivity index (χ0n) is 30.7. The van der Waals surface area contributed by atoms with Gasteiger partial charge in [0.2, 0.25) is 0 Å². The molecule has 1 fully saturated rings. The van der Waals surface area contributed by atoms with Crippen molar-refractivity contribution < 1.29 is 0 Å². The van der Waals surface area contributed by atoms with Gasteiger partial charge in [0.25, 0.3) is 0 Å². The standard InChI is InChI=1S/C53H40N2/c1-5-15-49-43(11-1)44-12-2-6-16-50(44)54(49)39-25-19-35(20-26-39)37-23-29-41-42-30-24-38(34-48(42)53(47(41)33-37)31-9-10-32-53)36-21-27-40(28-22-36)55-51-17-7-3-13-45(51)46-14-4-8-18-52(46)55/h1-8,11-30,33-34,43,49H,9-10,31-32H2. The van der Waals surface area contributed by atoms with Gasteiger partial charge in [0.15, 0.2) is 0 Å². The van der Waals surface area contributed by atoms with Crippen LogP contribution >= 0.6 is 0 Å². The van der Waals surface area contributed by atoms with E-state index in [1.807, 2.05) is 0 Å². The Kier molecular flexibility index (Phi) is 6.66. The molecule has 3 aliphatic carbocycles. The number of fused-ring (bicyclic) bond motifs is 11. The lowest BCUT2D eigenvalue weighted by atomic mass is 9.75. The van der Waals surface area contributed by atoms with E-state index < -0.39 is 0 Å². The Labute approximate surface area is 322 Å². The first kappa shape index (κ1) is 31.0. The zero-order valence-corrected chi connectivity index (χ0v) is 30.7. The van der Waals surface area contributed by atoms with E-state index in [9.17, 15) is 0 Å². The van der Waals surface area contributed by atoms with E-state index in [1.54, 1.807) is 0 Å². The van der Waals surface area contributed by atoms with Crippen LogP contribution in [0.1, 0.15) is 48.3 Å². The molecule has 7 aromatic carbocycles. The predicted octanol–water partition coefficient (Wildman–Crippen LogP) is 13.7. The van der Waals surface area contributed by atoms with Crippen LogP contribution in [0.2, 0.25) is 0 Å². The van der Waals surface area contributed by atoms with Crippen molar-refractivity contribution in [3.63, 3.8) is 0 Å². The number of allylic oxidation sites excluding steroid dienone is 2. The average Bonchev–Trinajstić information content (AvgIpc) is 4.02. The molecule has 0 N–H and O–H groups in total. The van der Waals surface area contributed by atoms with Crippen LogP contribution in [0.5, 0.6) is 0 Å². The lowest BCUT2D eigenvalue weighted by Crippen LogP contribution is -2.28. The van der Waals surface area contributed by atoms with E-state index in [4.69, 9.17) is 0 Å². The summed E-state index contributed by atoms with van der Waals surface area (Å²) in [5.74, 6) is 0.396. The highest BCUT2D eigenvalue weighted by Crippen LogP contribution is 2.58. The second-order valence-corrected chi connectivity index (χ2v) is 16.0. The maximum atomic E-state index is 2.53. The van der Waals surface area contributed by atoms with Crippen molar-refractivity contribution >= 4 is 33.2 Å². The van der Waals surface area contributed by atoms with Crippen LogP contribution in [-0.2, 0) is 5.41 Å². The molecule has 2 atom stereocenters. The number of para-hydroxylation sites is 3. The van der Waals surface area contributed by atoms with E-state index in [2.05, 4.69) is 191 Å². The van der Waals surface area contributed by atoms with Crippen LogP contribution in [0.25, 0.3) is 60.9 Å². The number of rotatable bonds is 4. The summed E-state index contributed by atoms with van der Waals surface area (Å²) in [5, 5.41) is 2.59. The normalized spacial score (nSPS) is 18.6. The van der Waals surface area contributed by atoms with Gasteiger partial charge in [-0.1, -0.05) is 140 Å². The fourth-order valence-electron chi connectivity index (χ4n) is 10.8. The molecule has 4 aliphatic rings. The molecule has 8 aromatic rings. The van der Waals surface area contributed by atoms with Gasteiger partial charge in [-0.15, -0.1) is 0 Å². The van der Waals surface area contributed by atoms with Gasteiger partial charge in [0, 0.05) is 39.2 Å². The molecule has 12 rings (SSSR count). The Morgan fingerprint density at radius 1 is 0.473 bits per heavy atom. The summed E-state index contributed by atoms with van der Waals surface area (Å²) in [6, 6.07) is 59.8. The molecule has 2 unspecified atom stereocenters. The van der Waals surface area contributed by atoms with Gasteiger partial charge >= 0.3 is 0 Å². The van der Waals surface area contributed by atoms with Crippen LogP contribution in [0, 0.1) is 0 Å². The van der Waals surface area contributed by atoms with Crippen molar-refractivity contribution in [2.24, 2.45) is 0 Å². The number of hydrogen-bond donors (Lipinski definition) is 0. The van der Waals surface area contributed by atoms with Gasteiger partial charge in [-0.3, -0.25) is 0 Å². The molecule has 1 aliphatic heterocycles. The molecule has 55 heavy (non-hydrogen) atoms. The molecule has 0 bridgehead atoms. The maximum Gasteiger partial charge on any atom is 0.0629 e. The molecular weight excluding hydrogens is 665 g/mol. The number of aromatic nitrogens is 1. The van der Waals surface area contributed by atoms with Crippen molar-refractivity contribution in [1.82, 2.24) is 4.57 Å². The molecule has 0 radical (unpaired) electrons. The minimum absolute atomic E-state index is 0.0780.